The van der Waals surface area contributed by atoms with E-state index in [1.807, 2.05) is 12.3 Å². The zero-order valence-corrected chi connectivity index (χ0v) is 49.9. The van der Waals surface area contributed by atoms with Crippen molar-refractivity contribution in [1.29, 1.82) is 0 Å². The van der Waals surface area contributed by atoms with Gasteiger partial charge in [-0.25, -0.2) is 4.98 Å². The SMILES string of the molecule is CC(C)(C)c1cc(Oc2[c-]c3c(cc2)c2ccc(C(C)(C)C)cc2n3-c2cc(C(C)(C)c3ccccc3)ccn2)[c-]c(N2[CH-]N(c3cc(C(C)(C)C)cc(C(C)(C)C)c3)c3cc(C(C)(C)c4ccccc4)ccc32)c1.[Pt]. The number of rotatable bonds is 9. The van der Waals surface area contributed by atoms with Gasteiger partial charge in [0.25, 0.3) is 0 Å². The molecule has 2 aromatic heterocycles. The van der Waals surface area contributed by atoms with Gasteiger partial charge in [-0.2, -0.15) is 6.07 Å². The van der Waals surface area contributed by atoms with Crippen LogP contribution >= 0.6 is 0 Å². The summed E-state index contributed by atoms with van der Waals surface area (Å²) < 4.78 is 9.32. The molecule has 0 aliphatic carbocycles. The summed E-state index contributed by atoms with van der Waals surface area (Å²) in [6.45, 7) is 38.9. The minimum Gasteiger partial charge on any atom is -0.509 e. The molecule has 6 heteroatoms. The van der Waals surface area contributed by atoms with Crippen LogP contribution in [-0.4, -0.2) is 9.55 Å². The third-order valence-electron chi connectivity index (χ3n) is 15.8. The summed E-state index contributed by atoms with van der Waals surface area (Å²) in [4.78, 5) is 9.77. The fourth-order valence-corrected chi connectivity index (χ4v) is 10.5. The van der Waals surface area contributed by atoms with E-state index < -0.39 is 0 Å². The molecule has 0 bridgehead atoms. The fraction of sp³-hybridized carbons (Fsp3) is 0.314. The van der Waals surface area contributed by atoms with E-state index in [4.69, 9.17) is 9.72 Å². The average Bonchev–Trinajstić information content (AvgIpc) is 3.91. The summed E-state index contributed by atoms with van der Waals surface area (Å²) in [6, 6.07) is 63.2. The van der Waals surface area contributed by atoms with E-state index in [-0.39, 0.29) is 53.6 Å². The van der Waals surface area contributed by atoms with E-state index in [0.29, 0.717) is 11.5 Å². The molecule has 76 heavy (non-hydrogen) atoms. The first kappa shape index (κ1) is 54.4. The molecule has 0 N–H and O–H groups in total. The molecule has 0 spiro atoms. The Morgan fingerprint density at radius 3 is 1.54 bits per heavy atom. The number of nitrogens with zero attached hydrogens (tertiary/aromatic N) is 4. The molecule has 0 saturated heterocycles. The minimum atomic E-state index is -0.255. The molecule has 0 fully saturated rings. The number of hydrogen-bond donors (Lipinski definition) is 0. The molecule has 0 atom stereocenters. The molecule has 0 unspecified atom stereocenters. The Kier molecular flexibility index (Phi) is 14.0. The molecule has 3 heterocycles. The summed E-state index contributed by atoms with van der Waals surface area (Å²) >= 11 is 0. The average molecular weight is 1180 g/mol. The Morgan fingerprint density at radius 1 is 0.421 bits per heavy atom. The molecule has 7 aromatic carbocycles. The largest absolute Gasteiger partial charge is 0.509 e. The van der Waals surface area contributed by atoms with Crippen LogP contribution in [0, 0.1) is 18.8 Å². The van der Waals surface area contributed by atoms with Gasteiger partial charge in [-0.15, -0.1) is 53.6 Å². The predicted octanol–water partition coefficient (Wildman–Crippen LogP) is 18.8. The summed E-state index contributed by atoms with van der Waals surface area (Å²) in [6.07, 6.45) is 1.94. The van der Waals surface area contributed by atoms with Crippen molar-refractivity contribution in [3.8, 4) is 17.3 Å². The van der Waals surface area contributed by atoms with Crippen LogP contribution in [0.15, 0.2) is 158 Å². The first-order valence-electron chi connectivity index (χ1n) is 26.8. The Labute approximate surface area is 468 Å². The summed E-state index contributed by atoms with van der Waals surface area (Å²) in [5.41, 5.74) is 15.3. The first-order chi connectivity index (χ1) is 35.2. The zero-order chi connectivity index (χ0) is 53.6. The van der Waals surface area contributed by atoms with Gasteiger partial charge in [-0.05, 0) is 108 Å². The van der Waals surface area contributed by atoms with Gasteiger partial charge in [0.15, 0.2) is 0 Å². The van der Waals surface area contributed by atoms with E-state index in [1.54, 1.807) is 0 Å². The van der Waals surface area contributed by atoms with Crippen molar-refractivity contribution in [3.05, 3.63) is 221 Å². The Bertz CT molecular complexity index is 3560. The van der Waals surface area contributed by atoms with Crippen LogP contribution in [0.4, 0.5) is 22.7 Å². The van der Waals surface area contributed by atoms with E-state index in [2.05, 4.69) is 290 Å². The number of anilines is 4. The number of aromatic nitrogens is 2. The van der Waals surface area contributed by atoms with E-state index in [1.165, 1.54) is 38.9 Å². The van der Waals surface area contributed by atoms with Crippen LogP contribution in [-0.2, 0) is 53.6 Å². The maximum atomic E-state index is 7.04. The van der Waals surface area contributed by atoms with Gasteiger partial charge >= 0.3 is 0 Å². The summed E-state index contributed by atoms with van der Waals surface area (Å²) in [7, 11) is 0. The molecule has 9 aromatic rings. The van der Waals surface area contributed by atoms with E-state index in [9.17, 15) is 0 Å². The molecule has 5 nitrogen and oxygen atoms in total. The second-order valence-electron chi connectivity index (χ2n) is 26.1. The second-order valence-corrected chi connectivity index (χ2v) is 26.1. The quantitative estimate of drug-likeness (QED) is 0.135. The minimum absolute atomic E-state index is 0. The van der Waals surface area contributed by atoms with Gasteiger partial charge in [-0.1, -0.05) is 201 Å². The molecular formula is C70H75N4OPt-3. The molecule has 1 aliphatic heterocycles. The van der Waals surface area contributed by atoms with Crippen LogP contribution in [0.5, 0.6) is 11.5 Å². The third kappa shape index (κ3) is 10.3. The Balaban J connectivity index is 0.00000706. The number of pyridine rings is 1. The summed E-state index contributed by atoms with van der Waals surface area (Å²) in [5, 5.41) is 2.23. The van der Waals surface area contributed by atoms with Gasteiger partial charge in [0.2, 0.25) is 0 Å². The molecule has 394 valence electrons. The van der Waals surface area contributed by atoms with Gasteiger partial charge < -0.3 is 19.1 Å². The second kappa shape index (κ2) is 19.5. The molecule has 0 saturated carbocycles. The van der Waals surface area contributed by atoms with Crippen molar-refractivity contribution in [3.63, 3.8) is 0 Å². The first-order valence-corrected chi connectivity index (χ1v) is 26.8. The smallest absolute Gasteiger partial charge is 0.135 e. The van der Waals surface area contributed by atoms with Gasteiger partial charge in [0.1, 0.15) is 5.82 Å². The van der Waals surface area contributed by atoms with Gasteiger partial charge in [-0.3, -0.25) is 0 Å². The number of ether oxygens (including phenoxy) is 1. The van der Waals surface area contributed by atoms with Crippen LogP contribution in [0.3, 0.4) is 0 Å². The van der Waals surface area contributed by atoms with Crippen LogP contribution in [0.25, 0.3) is 27.6 Å². The Hall–Kier alpha value is -6.42. The van der Waals surface area contributed by atoms with E-state index in [0.717, 1.165) is 55.9 Å². The van der Waals surface area contributed by atoms with Gasteiger partial charge in [0, 0.05) is 72.2 Å². The number of fused-ring (bicyclic) bond motifs is 4. The van der Waals surface area contributed by atoms with Crippen molar-refractivity contribution in [2.75, 3.05) is 9.80 Å². The van der Waals surface area contributed by atoms with Crippen LogP contribution in [0.2, 0.25) is 0 Å². The summed E-state index contributed by atoms with van der Waals surface area (Å²) in [5.74, 6) is 2.06. The molecular weight excluding hydrogens is 1110 g/mol. The molecule has 0 amide bonds. The van der Waals surface area contributed by atoms with Crippen molar-refractivity contribution in [2.45, 2.75) is 143 Å². The van der Waals surface area contributed by atoms with Crippen molar-refractivity contribution >= 4 is 44.6 Å². The van der Waals surface area contributed by atoms with Crippen molar-refractivity contribution in [2.24, 2.45) is 0 Å². The van der Waals surface area contributed by atoms with Crippen LogP contribution < -0.4 is 14.5 Å². The number of benzene rings is 7. The maximum absolute atomic E-state index is 7.04. The zero-order valence-electron chi connectivity index (χ0n) is 47.6. The predicted molar refractivity (Wildman–Crippen MR) is 316 cm³/mol. The van der Waals surface area contributed by atoms with Crippen LogP contribution in [0.1, 0.15) is 155 Å². The topological polar surface area (TPSA) is 33.5 Å². The van der Waals surface area contributed by atoms with E-state index >= 15 is 0 Å². The molecule has 10 rings (SSSR count). The van der Waals surface area contributed by atoms with Crippen molar-refractivity contribution in [1.82, 2.24) is 9.55 Å². The normalized spacial score (nSPS) is 13.6. The van der Waals surface area contributed by atoms with Crippen molar-refractivity contribution < 1.29 is 25.8 Å². The van der Waals surface area contributed by atoms with Gasteiger partial charge in [0.05, 0.1) is 0 Å². The standard InChI is InChI=1S/C70H75N4O.Pt/c1-65(2,3)48-27-30-58-59-31-29-56(44-62(59)74(61(58)40-48)64-42-50(33-34-71-64)70(15,16)47-25-21-18-22-26-47)75-57-39-53(68(10,11)12)38-55(43-57)72-45-73(54-36-51(66(4,5)6)35-52(37-54)67(7,8)9)63-41-49(28-32-60(63)72)69(13,14)46-23-19-17-20-24-46;/h17-42,45H,1-16H3;/q-3;. The molecule has 0 radical (unpaired) electrons. The fourth-order valence-electron chi connectivity index (χ4n) is 10.5. The number of hydrogen-bond acceptors (Lipinski definition) is 4. The maximum Gasteiger partial charge on any atom is 0.135 e. The Morgan fingerprint density at radius 2 is 0.961 bits per heavy atom. The third-order valence-corrected chi connectivity index (χ3v) is 15.8. The molecule has 1 aliphatic rings. The monoisotopic (exact) mass is 1180 g/mol.